The first-order valence-corrected chi connectivity index (χ1v) is 5.60. The zero-order chi connectivity index (χ0) is 14.3. The average Bonchev–Trinajstić information content (AvgIpc) is 2.34. The van der Waals surface area contributed by atoms with Crippen molar-refractivity contribution in [3.8, 4) is 5.75 Å². The van der Waals surface area contributed by atoms with E-state index < -0.39 is 18.6 Å². The van der Waals surface area contributed by atoms with Crippen LogP contribution < -0.4 is 10.1 Å². The fourth-order valence-electron chi connectivity index (χ4n) is 1.41. The molecule has 0 aromatic heterocycles. The van der Waals surface area contributed by atoms with E-state index in [1.165, 1.54) is 13.2 Å². The molecule has 3 nitrogen and oxygen atoms in total. The van der Waals surface area contributed by atoms with Crippen molar-refractivity contribution in [1.82, 2.24) is 5.32 Å². The first-order chi connectivity index (χ1) is 8.94. The van der Waals surface area contributed by atoms with Gasteiger partial charge in [0.2, 0.25) is 0 Å². The van der Waals surface area contributed by atoms with Crippen molar-refractivity contribution in [1.29, 1.82) is 0 Å². The minimum absolute atomic E-state index is 0.0922. The molecule has 7 heteroatoms. The van der Waals surface area contributed by atoms with Crippen LogP contribution in [-0.2, 0) is 11.3 Å². The van der Waals surface area contributed by atoms with Crippen LogP contribution in [0.5, 0.6) is 5.75 Å². The fraction of sp³-hybridized carbons (Fsp3) is 0.500. The normalized spacial score (nSPS) is 11.6. The fourth-order valence-corrected chi connectivity index (χ4v) is 1.41. The summed E-state index contributed by atoms with van der Waals surface area (Å²) in [5.41, 5.74) is 0.384. The molecule has 0 aliphatic carbocycles. The lowest BCUT2D eigenvalue weighted by molar-refractivity contribution is -0.173. The molecule has 0 heterocycles. The van der Waals surface area contributed by atoms with Crippen LogP contribution in [0.1, 0.15) is 5.56 Å². The van der Waals surface area contributed by atoms with Crippen molar-refractivity contribution in [2.24, 2.45) is 0 Å². The molecule has 19 heavy (non-hydrogen) atoms. The second-order valence-corrected chi connectivity index (χ2v) is 3.78. The number of hydrogen-bond acceptors (Lipinski definition) is 3. The second-order valence-electron chi connectivity index (χ2n) is 3.78. The van der Waals surface area contributed by atoms with E-state index in [0.717, 1.165) is 0 Å². The SMILES string of the molecule is COc1cccc(CNCCOCC(F)(F)F)c1F. The van der Waals surface area contributed by atoms with Crippen molar-refractivity contribution in [3.05, 3.63) is 29.6 Å². The van der Waals surface area contributed by atoms with Crippen LogP contribution in [0.15, 0.2) is 18.2 Å². The molecule has 1 rings (SSSR count). The van der Waals surface area contributed by atoms with E-state index in [1.807, 2.05) is 0 Å². The lowest BCUT2D eigenvalue weighted by Crippen LogP contribution is -2.24. The Balaban J connectivity index is 2.26. The van der Waals surface area contributed by atoms with E-state index in [1.54, 1.807) is 12.1 Å². The minimum atomic E-state index is -4.32. The van der Waals surface area contributed by atoms with Crippen molar-refractivity contribution in [2.75, 3.05) is 26.9 Å². The summed E-state index contributed by atoms with van der Waals surface area (Å²) >= 11 is 0. The van der Waals surface area contributed by atoms with Gasteiger partial charge in [0.25, 0.3) is 0 Å². The van der Waals surface area contributed by atoms with E-state index in [9.17, 15) is 17.6 Å². The molecule has 0 radical (unpaired) electrons. The first-order valence-electron chi connectivity index (χ1n) is 5.60. The highest BCUT2D eigenvalue weighted by molar-refractivity contribution is 5.30. The van der Waals surface area contributed by atoms with Gasteiger partial charge in [-0.15, -0.1) is 0 Å². The molecule has 1 aromatic carbocycles. The van der Waals surface area contributed by atoms with Crippen LogP contribution in [-0.4, -0.2) is 33.0 Å². The number of hydrogen-bond donors (Lipinski definition) is 1. The summed E-state index contributed by atoms with van der Waals surface area (Å²) in [5.74, 6) is -0.346. The second kappa shape index (κ2) is 7.30. The monoisotopic (exact) mass is 281 g/mol. The first kappa shape index (κ1) is 15.7. The number of ether oxygens (including phenoxy) is 2. The largest absolute Gasteiger partial charge is 0.494 e. The molecule has 0 unspecified atom stereocenters. The number of methoxy groups -OCH3 is 1. The third-order valence-corrected chi connectivity index (χ3v) is 2.27. The molecular weight excluding hydrogens is 266 g/mol. The summed E-state index contributed by atoms with van der Waals surface area (Å²) in [6.07, 6.45) is -4.32. The minimum Gasteiger partial charge on any atom is -0.494 e. The smallest absolute Gasteiger partial charge is 0.411 e. The number of benzene rings is 1. The van der Waals surface area contributed by atoms with Crippen molar-refractivity contribution < 1.29 is 27.0 Å². The average molecular weight is 281 g/mol. The molecule has 0 spiro atoms. The highest BCUT2D eigenvalue weighted by Gasteiger charge is 2.27. The molecule has 0 atom stereocenters. The zero-order valence-corrected chi connectivity index (χ0v) is 10.4. The summed E-state index contributed by atoms with van der Waals surface area (Å²) in [6.45, 7) is -0.974. The van der Waals surface area contributed by atoms with Gasteiger partial charge in [0.1, 0.15) is 6.61 Å². The van der Waals surface area contributed by atoms with E-state index in [4.69, 9.17) is 4.74 Å². The molecule has 0 amide bonds. The highest BCUT2D eigenvalue weighted by atomic mass is 19.4. The van der Waals surface area contributed by atoms with Gasteiger partial charge in [0, 0.05) is 18.7 Å². The maximum atomic E-state index is 13.7. The predicted octanol–water partition coefficient (Wildman–Crippen LogP) is 2.50. The molecule has 0 saturated heterocycles. The number of halogens is 4. The van der Waals surface area contributed by atoms with E-state index in [-0.39, 0.29) is 25.4 Å². The van der Waals surface area contributed by atoms with Crippen LogP contribution in [0, 0.1) is 5.82 Å². The van der Waals surface area contributed by atoms with Crippen LogP contribution in [0.25, 0.3) is 0 Å². The van der Waals surface area contributed by atoms with Gasteiger partial charge < -0.3 is 14.8 Å². The van der Waals surface area contributed by atoms with Crippen LogP contribution in [0.2, 0.25) is 0 Å². The molecule has 0 aliphatic rings. The van der Waals surface area contributed by atoms with Gasteiger partial charge >= 0.3 is 6.18 Å². The van der Waals surface area contributed by atoms with Gasteiger partial charge in [0.05, 0.1) is 13.7 Å². The lowest BCUT2D eigenvalue weighted by atomic mass is 10.2. The standard InChI is InChI=1S/C12H15F4NO2/c1-18-10-4-2-3-9(11(10)13)7-17-5-6-19-8-12(14,15)16/h2-4,17H,5-8H2,1H3. The van der Waals surface area contributed by atoms with Crippen molar-refractivity contribution in [3.63, 3.8) is 0 Å². The number of nitrogens with one attached hydrogen (secondary N) is 1. The van der Waals surface area contributed by atoms with E-state index in [0.29, 0.717) is 5.56 Å². The Morgan fingerprint density at radius 3 is 2.63 bits per heavy atom. The topological polar surface area (TPSA) is 30.5 Å². The Morgan fingerprint density at radius 1 is 1.26 bits per heavy atom. The summed E-state index contributed by atoms with van der Waals surface area (Å²) in [5, 5.41) is 2.79. The molecule has 0 saturated carbocycles. The third-order valence-electron chi connectivity index (χ3n) is 2.27. The van der Waals surface area contributed by atoms with Crippen molar-refractivity contribution >= 4 is 0 Å². The number of rotatable bonds is 7. The molecule has 0 aliphatic heterocycles. The summed E-state index contributed by atoms with van der Waals surface area (Å²) in [7, 11) is 1.36. The molecule has 1 aromatic rings. The van der Waals surface area contributed by atoms with Gasteiger partial charge in [-0.2, -0.15) is 13.2 Å². The Morgan fingerprint density at radius 2 is 2.00 bits per heavy atom. The lowest BCUT2D eigenvalue weighted by Gasteiger charge is -2.10. The molecule has 1 N–H and O–H groups in total. The van der Waals surface area contributed by atoms with Crippen LogP contribution in [0.3, 0.4) is 0 Å². The van der Waals surface area contributed by atoms with Gasteiger partial charge in [-0.25, -0.2) is 4.39 Å². The Kier molecular flexibility index (Phi) is 6.04. The summed E-state index contributed by atoms with van der Waals surface area (Å²) in [6, 6.07) is 4.70. The Bertz CT molecular complexity index is 396. The molecule has 108 valence electrons. The molecule has 0 fully saturated rings. The Labute approximate surface area is 108 Å². The zero-order valence-electron chi connectivity index (χ0n) is 10.4. The van der Waals surface area contributed by atoms with Crippen molar-refractivity contribution in [2.45, 2.75) is 12.7 Å². The van der Waals surface area contributed by atoms with Gasteiger partial charge in [0.15, 0.2) is 11.6 Å². The molecule has 0 bridgehead atoms. The number of alkyl halides is 3. The van der Waals surface area contributed by atoms with Crippen LogP contribution >= 0.6 is 0 Å². The van der Waals surface area contributed by atoms with E-state index in [2.05, 4.69) is 10.1 Å². The summed E-state index contributed by atoms with van der Waals surface area (Å²) < 4.78 is 58.2. The highest BCUT2D eigenvalue weighted by Crippen LogP contribution is 2.19. The molecular formula is C12H15F4NO2. The maximum Gasteiger partial charge on any atom is 0.411 e. The van der Waals surface area contributed by atoms with Crippen LogP contribution in [0.4, 0.5) is 17.6 Å². The van der Waals surface area contributed by atoms with Gasteiger partial charge in [-0.3, -0.25) is 0 Å². The summed E-state index contributed by atoms with van der Waals surface area (Å²) in [4.78, 5) is 0. The Hall–Kier alpha value is -1.34. The van der Waals surface area contributed by atoms with Gasteiger partial charge in [-0.1, -0.05) is 12.1 Å². The van der Waals surface area contributed by atoms with E-state index >= 15 is 0 Å². The maximum absolute atomic E-state index is 13.7. The predicted molar refractivity (Wildman–Crippen MR) is 61.5 cm³/mol. The third kappa shape index (κ3) is 5.89. The van der Waals surface area contributed by atoms with Gasteiger partial charge in [-0.05, 0) is 6.07 Å². The quantitative estimate of drug-likeness (QED) is 0.615.